The van der Waals surface area contributed by atoms with E-state index in [4.69, 9.17) is 9.47 Å². The molecule has 0 unspecified atom stereocenters. The van der Waals surface area contributed by atoms with Gasteiger partial charge in [0.25, 0.3) is 0 Å². The Morgan fingerprint density at radius 1 is 0.960 bits per heavy atom. The van der Waals surface area contributed by atoms with Crippen LogP contribution in [0, 0.1) is 5.82 Å². The quantitative estimate of drug-likeness (QED) is 0.538. The first kappa shape index (κ1) is 16.4. The topological polar surface area (TPSA) is 57.5 Å². The molecule has 5 nitrogen and oxygen atoms in total. The number of nitrogens with zero attached hydrogens (tertiary/aromatic N) is 1. The Morgan fingerprint density at radius 3 is 2.28 bits per heavy atom. The van der Waals surface area contributed by atoms with Crippen molar-refractivity contribution >= 4 is 11.9 Å². The van der Waals surface area contributed by atoms with E-state index in [9.17, 15) is 14.0 Å². The fraction of sp³-hybridized carbons (Fsp3) is 0.0526. The van der Waals surface area contributed by atoms with Crippen LogP contribution in [-0.2, 0) is 4.74 Å². The Morgan fingerprint density at radius 2 is 1.64 bits per heavy atom. The molecule has 0 radical (unpaired) electrons. The number of esters is 2. The number of methoxy groups -OCH3 is 1. The van der Waals surface area contributed by atoms with Crippen molar-refractivity contribution in [2.75, 3.05) is 7.11 Å². The van der Waals surface area contributed by atoms with Crippen molar-refractivity contribution in [3.63, 3.8) is 0 Å². The van der Waals surface area contributed by atoms with Crippen molar-refractivity contribution in [2.45, 2.75) is 0 Å². The molecule has 0 aliphatic carbocycles. The zero-order valence-corrected chi connectivity index (χ0v) is 13.3. The largest absolute Gasteiger partial charge is 0.465 e. The van der Waals surface area contributed by atoms with Crippen molar-refractivity contribution < 1.29 is 23.5 Å². The highest BCUT2D eigenvalue weighted by molar-refractivity contribution is 5.96. The number of hydrogen-bond acceptors (Lipinski definition) is 4. The molecule has 0 saturated carbocycles. The summed E-state index contributed by atoms with van der Waals surface area (Å²) in [5.41, 5.74) is 0.997. The first-order valence-corrected chi connectivity index (χ1v) is 7.42. The van der Waals surface area contributed by atoms with E-state index in [0.29, 0.717) is 5.69 Å². The normalized spacial score (nSPS) is 10.3. The lowest BCUT2D eigenvalue weighted by Gasteiger charge is -2.11. The monoisotopic (exact) mass is 339 g/mol. The van der Waals surface area contributed by atoms with E-state index >= 15 is 0 Å². The minimum Gasteiger partial charge on any atom is -0.465 e. The average Bonchev–Trinajstić information content (AvgIpc) is 3.16. The van der Waals surface area contributed by atoms with Gasteiger partial charge in [-0.2, -0.15) is 0 Å². The second-order valence-electron chi connectivity index (χ2n) is 5.16. The van der Waals surface area contributed by atoms with Crippen LogP contribution >= 0.6 is 0 Å². The lowest BCUT2D eigenvalue weighted by molar-refractivity contribution is 0.0593. The summed E-state index contributed by atoms with van der Waals surface area (Å²) in [4.78, 5) is 24.2. The fourth-order valence-corrected chi connectivity index (χ4v) is 2.29. The number of carbonyl (C=O) groups excluding carboxylic acids is 2. The summed E-state index contributed by atoms with van der Waals surface area (Å²) in [6.45, 7) is 0. The molecule has 6 heteroatoms. The molecule has 0 aliphatic heterocycles. The second-order valence-corrected chi connectivity index (χ2v) is 5.16. The Bertz CT molecular complexity index is 902. The Hall–Kier alpha value is -3.41. The number of aromatic nitrogens is 1. The molecule has 0 atom stereocenters. The molecule has 25 heavy (non-hydrogen) atoms. The lowest BCUT2D eigenvalue weighted by atomic mass is 10.1. The van der Waals surface area contributed by atoms with Crippen LogP contribution in [-0.4, -0.2) is 23.6 Å². The Kier molecular flexibility index (Phi) is 4.61. The van der Waals surface area contributed by atoms with E-state index in [2.05, 4.69) is 0 Å². The number of halogens is 1. The maximum atomic E-state index is 13.0. The van der Waals surface area contributed by atoms with Gasteiger partial charge in [-0.1, -0.05) is 0 Å². The van der Waals surface area contributed by atoms with Gasteiger partial charge < -0.3 is 14.0 Å². The molecule has 2 aromatic carbocycles. The molecule has 0 bridgehead atoms. The first-order valence-electron chi connectivity index (χ1n) is 7.42. The predicted molar refractivity (Wildman–Crippen MR) is 88.5 cm³/mol. The molecule has 3 aromatic rings. The smallest absolute Gasteiger partial charge is 0.343 e. The van der Waals surface area contributed by atoms with Gasteiger partial charge in [-0.3, -0.25) is 0 Å². The van der Waals surface area contributed by atoms with E-state index in [0.717, 1.165) is 12.1 Å². The van der Waals surface area contributed by atoms with Gasteiger partial charge in [0.2, 0.25) is 0 Å². The van der Waals surface area contributed by atoms with Crippen molar-refractivity contribution in [3.8, 4) is 11.4 Å². The highest BCUT2D eigenvalue weighted by Crippen LogP contribution is 2.25. The molecular weight excluding hydrogens is 325 g/mol. The summed E-state index contributed by atoms with van der Waals surface area (Å²) in [7, 11) is 1.24. The van der Waals surface area contributed by atoms with Gasteiger partial charge in [0.15, 0.2) is 0 Å². The number of rotatable bonds is 4. The van der Waals surface area contributed by atoms with Crippen molar-refractivity contribution in [3.05, 3.63) is 83.9 Å². The lowest BCUT2D eigenvalue weighted by Crippen LogP contribution is -2.13. The van der Waals surface area contributed by atoms with E-state index in [1.807, 2.05) is 24.5 Å². The van der Waals surface area contributed by atoms with Crippen molar-refractivity contribution in [1.29, 1.82) is 0 Å². The second kappa shape index (κ2) is 7.00. The highest BCUT2D eigenvalue weighted by Gasteiger charge is 2.18. The van der Waals surface area contributed by atoms with Crippen LogP contribution < -0.4 is 4.74 Å². The molecule has 1 aromatic heterocycles. The van der Waals surface area contributed by atoms with Crippen molar-refractivity contribution in [1.82, 2.24) is 4.57 Å². The molecular formula is C19H14FNO4. The summed E-state index contributed by atoms with van der Waals surface area (Å²) >= 11 is 0. The van der Waals surface area contributed by atoms with Gasteiger partial charge in [-0.05, 0) is 48.5 Å². The number of carbonyl (C=O) groups is 2. The van der Waals surface area contributed by atoms with Gasteiger partial charge in [0.05, 0.1) is 12.7 Å². The maximum Gasteiger partial charge on any atom is 0.343 e. The van der Waals surface area contributed by atoms with Gasteiger partial charge >= 0.3 is 11.9 Å². The van der Waals surface area contributed by atoms with Crippen LogP contribution in [0.2, 0.25) is 0 Å². The van der Waals surface area contributed by atoms with E-state index in [1.54, 1.807) is 16.7 Å². The fourth-order valence-electron chi connectivity index (χ4n) is 2.29. The van der Waals surface area contributed by atoms with Crippen LogP contribution in [0.3, 0.4) is 0 Å². The van der Waals surface area contributed by atoms with E-state index in [-0.39, 0.29) is 16.9 Å². The third kappa shape index (κ3) is 3.58. The van der Waals surface area contributed by atoms with Crippen LogP contribution in [0.5, 0.6) is 5.75 Å². The predicted octanol–water partition coefficient (Wildman–Crippen LogP) is 3.62. The van der Waals surface area contributed by atoms with Gasteiger partial charge in [0.1, 0.15) is 17.1 Å². The molecule has 0 saturated heterocycles. The molecule has 1 heterocycles. The maximum absolute atomic E-state index is 13.0. The summed E-state index contributed by atoms with van der Waals surface area (Å²) in [6.07, 6.45) is 3.64. The minimum absolute atomic E-state index is 0.0624. The molecule has 0 aliphatic rings. The van der Waals surface area contributed by atoms with E-state index in [1.165, 1.54) is 25.3 Å². The Labute approximate surface area is 143 Å². The van der Waals surface area contributed by atoms with Crippen LogP contribution in [0.25, 0.3) is 5.69 Å². The third-order valence-electron chi connectivity index (χ3n) is 3.56. The number of ether oxygens (including phenoxy) is 2. The minimum atomic E-state index is -0.699. The molecule has 0 N–H and O–H groups in total. The summed E-state index contributed by atoms with van der Waals surface area (Å²) in [5.74, 6) is -1.72. The highest BCUT2D eigenvalue weighted by atomic mass is 19.1. The number of hydrogen-bond donors (Lipinski definition) is 0. The number of benzene rings is 2. The van der Waals surface area contributed by atoms with Crippen LogP contribution in [0.15, 0.2) is 67.0 Å². The SMILES string of the molecule is COC(=O)c1ccc(-n2cccc2)cc1OC(=O)c1ccc(F)cc1. The molecule has 126 valence electrons. The van der Waals surface area contributed by atoms with Gasteiger partial charge in [-0.15, -0.1) is 0 Å². The van der Waals surface area contributed by atoms with Gasteiger partial charge in [-0.25, -0.2) is 14.0 Å². The molecule has 0 fully saturated rings. The van der Waals surface area contributed by atoms with Crippen LogP contribution in [0.4, 0.5) is 4.39 Å². The molecule has 0 amide bonds. The summed E-state index contributed by atoms with van der Waals surface area (Å²) in [6, 6.07) is 13.4. The standard InChI is InChI=1S/C19H14FNO4/c1-24-19(23)16-9-8-15(21-10-2-3-11-21)12-17(16)25-18(22)13-4-6-14(20)7-5-13/h2-12H,1H3. The van der Waals surface area contributed by atoms with Gasteiger partial charge in [0, 0.05) is 24.1 Å². The first-order chi connectivity index (χ1) is 12.1. The summed E-state index contributed by atoms with van der Waals surface area (Å²) < 4.78 is 24.9. The molecule has 0 spiro atoms. The van der Waals surface area contributed by atoms with Crippen molar-refractivity contribution in [2.24, 2.45) is 0 Å². The summed E-state index contributed by atoms with van der Waals surface area (Å²) in [5, 5.41) is 0. The Balaban J connectivity index is 1.96. The third-order valence-corrected chi connectivity index (χ3v) is 3.56. The molecule has 3 rings (SSSR count). The average molecular weight is 339 g/mol. The van der Waals surface area contributed by atoms with E-state index < -0.39 is 17.8 Å². The zero-order valence-electron chi connectivity index (χ0n) is 13.3. The van der Waals surface area contributed by atoms with Crippen LogP contribution in [0.1, 0.15) is 20.7 Å². The zero-order chi connectivity index (χ0) is 17.8.